The van der Waals surface area contributed by atoms with Crippen molar-refractivity contribution >= 4 is 17.5 Å². The Morgan fingerprint density at radius 1 is 1.28 bits per heavy atom. The smallest absolute Gasteiger partial charge is 0.225 e. The van der Waals surface area contributed by atoms with Crippen molar-refractivity contribution in [2.24, 2.45) is 0 Å². The van der Waals surface area contributed by atoms with E-state index >= 15 is 0 Å². The number of nitrogens with zero attached hydrogens (tertiary/aromatic N) is 2. The number of halogens is 1. The lowest BCUT2D eigenvalue weighted by molar-refractivity contribution is 0.398. The molecule has 0 aliphatic rings. The molecular weight excluding hydrogens is 235 g/mol. The molecule has 0 saturated heterocycles. The third-order valence-electron chi connectivity index (χ3n) is 2.31. The number of nitrogens with one attached hydrogen (secondary N) is 1. The molecule has 0 fully saturated rings. The maximum absolute atomic E-state index is 13.6. The summed E-state index contributed by atoms with van der Waals surface area (Å²) < 4.78 is 18.5. The maximum Gasteiger partial charge on any atom is 0.225 e. The molecule has 0 aliphatic carbocycles. The Labute approximate surface area is 104 Å². The van der Waals surface area contributed by atoms with Gasteiger partial charge in [0.05, 0.1) is 12.8 Å². The van der Waals surface area contributed by atoms with Crippen LogP contribution in [0.2, 0.25) is 0 Å². The zero-order valence-electron chi connectivity index (χ0n) is 10.1. The predicted molar refractivity (Wildman–Crippen MR) is 67.4 cm³/mol. The fourth-order valence-electron chi connectivity index (χ4n) is 1.48. The average molecular weight is 248 g/mol. The number of ether oxygens (including phenoxy) is 1. The summed E-state index contributed by atoms with van der Waals surface area (Å²) in [5, 5.41) is 2.84. The lowest BCUT2D eigenvalue weighted by Gasteiger charge is -2.09. The van der Waals surface area contributed by atoms with E-state index in [0.29, 0.717) is 17.4 Å². The molecule has 1 aromatic heterocycles. The summed E-state index contributed by atoms with van der Waals surface area (Å²) in [5.41, 5.74) is 6.79. The first-order chi connectivity index (χ1) is 8.58. The Kier molecular flexibility index (Phi) is 3.27. The van der Waals surface area contributed by atoms with Crippen LogP contribution in [0.4, 0.5) is 21.8 Å². The second-order valence-electron chi connectivity index (χ2n) is 3.76. The summed E-state index contributed by atoms with van der Waals surface area (Å²) >= 11 is 0. The van der Waals surface area contributed by atoms with Gasteiger partial charge in [-0.1, -0.05) is 6.07 Å². The Balaban J connectivity index is 2.33. The van der Waals surface area contributed by atoms with Gasteiger partial charge in [0.25, 0.3) is 0 Å². The number of aromatic nitrogens is 2. The minimum Gasteiger partial charge on any atom is -0.481 e. The van der Waals surface area contributed by atoms with Gasteiger partial charge in [-0.25, -0.2) is 4.39 Å². The highest BCUT2D eigenvalue weighted by Crippen LogP contribution is 2.22. The molecule has 2 rings (SSSR count). The molecule has 94 valence electrons. The number of benzene rings is 1. The Morgan fingerprint density at radius 2 is 2.06 bits per heavy atom. The number of aryl methyl sites for hydroxylation is 1. The van der Waals surface area contributed by atoms with E-state index in [9.17, 15) is 4.39 Å². The van der Waals surface area contributed by atoms with Crippen molar-refractivity contribution in [2.75, 3.05) is 18.2 Å². The highest BCUT2D eigenvalue weighted by Gasteiger charge is 2.06. The van der Waals surface area contributed by atoms with E-state index in [4.69, 9.17) is 10.5 Å². The molecule has 2 aromatic rings. The number of nitrogens with two attached hydrogens (primary N) is 1. The first kappa shape index (κ1) is 12.1. The fourth-order valence-corrected chi connectivity index (χ4v) is 1.48. The summed E-state index contributed by atoms with van der Waals surface area (Å²) in [7, 11) is 1.47. The number of nitrogen functional groups attached to an aromatic ring is 1. The van der Waals surface area contributed by atoms with Crippen molar-refractivity contribution in [1.29, 1.82) is 0 Å². The van der Waals surface area contributed by atoms with E-state index < -0.39 is 0 Å². The zero-order chi connectivity index (χ0) is 13.1. The van der Waals surface area contributed by atoms with Gasteiger partial charge in [0.15, 0.2) is 0 Å². The molecule has 5 nitrogen and oxygen atoms in total. The summed E-state index contributed by atoms with van der Waals surface area (Å²) in [6.07, 6.45) is 0. The van der Waals surface area contributed by atoms with E-state index in [-0.39, 0.29) is 11.8 Å². The molecule has 0 unspecified atom stereocenters. The molecule has 1 aromatic carbocycles. The topological polar surface area (TPSA) is 73.1 Å². The number of methoxy groups -OCH3 is 1. The molecule has 0 radical (unpaired) electrons. The van der Waals surface area contributed by atoms with Crippen molar-refractivity contribution in [3.8, 4) is 5.88 Å². The molecule has 0 amide bonds. The van der Waals surface area contributed by atoms with Crippen LogP contribution in [0.15, 0.2) is 24.3 Å². The van der Waals surface area contributed by atoms with E-state index in [2.05, 4.69) is 15.3 Å². The number of anilines is 3. The summed E-state index contributed by atoms with van der Waals surface area (Å²) in [6.45, 7) is 1.87. The Bertz CT molecular complexity index is 574. The van der Waals surface area contributed by atoms with Gasteiger partial charge in [-0.05, 0) is 24.6 Å². The van der Waals surface area contributed by atoms with E-state index in [1.165, 1.54) is 19.2 Å². The van der Waals surface area contributed by atoms with Gasteiger partial charge >= 0.3 is 0 Å². The van der Waals surface area contributed by atoms with Crippen LogP contribution in [0.1, 0.15) is 5.56 Å². The lowest BCUT2D eigenvalue weighted by Crippen LogP contribution is -2.02. The van der Waals surface area contributed by atoms with Crippen LogP contribution in [0.5, 0.6) is 5.88 Å². The first-order valence-electron chi connectivity index (χ1n) is 5.30. The summed E-state index contributed by atoms with van der Waals surface area (Å²) in [5.74, 6) is 0.392. The van der Waals surface area contributed by atoms with Gasteiger partial charge in [0.1, 0.15) is 11.6 Å². The third kappa shape index (κ3) is 2.65. The monoisotopic (exact) mass is 248 g/mol. The minimum absolute atomic E-state index is 0.0601. The van der Waals surface area contributed by atoms with Crippen molar-refractivity contribution in [2.45, 2.75) is 6.92 Å². The highest BCUT2D eigenvalue weighted by molar-refractivity contribution is 5.59. The van der Waals surface area contributed by atoms with Gasteiger partial charge in [0.2, 0.25) is 11.8 Å². The second kappa shape index (κ2) is 4.87. The molecule has 0 saturated carbocycles. The maximum atomic E-state index is 13.6. The van der Waals surface area contributed by atoms with Gasteiger partial charge in [-0.3, -0.25) is 0 Å². The van der Waals surface area contributed by atoms with Crippen LogP contribution < -0.4 is 15.8 Å². The van der Waals surface area contributed by atoms with Crippen LogP contribution in [0, 0.1) is 12.7 Å². The van der Waals surface area contributed by atoms with Crippen LogP contribution in [0.25, 0.3) is 0 Å². The van der Waals surface area contributed by atoms with Gasteiger partial charge < -0.3 is 15.8 Å². The number of hydrogen-bond acceptors (Lipinski definition) is 5. The van der Waals surface area contributed by atoms with E-state index in [1.54, 1.807) is 12.1 Å². The zero-order valence-corrected chi connectivity index (χ0v) is 10.1. The normalized spacial score (nSPS) is 10.2. The predicted octanol–water partition coefficient (Wildman–Crippen LogP) is 2.26. The molecule has 0 spiro atoms. The lowest BCUT2D eigenvalue weighted by atomic mass is 10.2. The highest BCUT2D eigenvalue weighted by atomic mass is 19.1. The second-order valence-corrected chi connectivity index (χ2v) is 3.76. The molecule has 0 atom stereocenters. The van der Waals surface area contributed by atoms with Crippen LogP contribution >= 0.6 is 0 Å². The van der Waals surface area contributed by atoms with Gasteiger partial charge in [-0.2, -0.15) is 9.97 Å². The van der Waals surface area contributed by atoms with Crippen molar-refractivity contribution in [3.05, 3.63) is 35.6 Å². The molecule has 6 heteroatoms. The van der Waals surface area contributed by atoms with E-state index in [1.807, 2.05) is 6.92 Å². The number of hydrogen-bond donors (Lipinski definition) is 2. The van der Waals surface area contributed by atoms with Crippen molar-refractivity contribution < 1.29 is 9.13 Å². The number of rotatable bonds is 3. The summed E-state index contributed by atoms with van der Waals surface area (Å²) in [6, 6.07) is 6.30. The van der Waals surface area contributed by atoms with Crippen LogP contribution in [-0.2, 0) is 0 Å². The Hall–Kier alpha value is -2.37. The standard InChI is InChI=1S/C12H13FN4O/c1-7-3-4-8(13)9(5-7)15-10-6-11(18-2)17-12(14)16-10/h3-6H,1-2H3,(H3,14,15,16,17). The molecule has 0 aliphatic heterocycles. The summed E-state index contributed by atoms with van der Waals surface area (Å²) in [4.78, 5) is 7.80. The van der Waals surface area contributed by atoms with Crippen LogP contribution in [0.3, 0.4) is 0 Å². The SMILES string of the molecule is COc1cc(Nc2cc(C)ccc2F)nc(N)n1. The fraction of sp³-hybridized carbons (Fsp3) is 0.167. The quantitative estimate of drug-likeness (QED) is 0.871. The van der Waals surface area contributed by atoms with Crippen molar-refractivity contribution in [3.63, 3.8) is 0 Å². The largest absolute Gasteiger partial charge is 0.481 e. The molecule has 0 bridgehead atoms. The Morgan fingerprint density at radius 3 is 2.78 bits per heavy atom. The first-order valence-corrected chi connectivity index (χ1v) is 5.30. The molecule has 3 N–H and O–H groups in total. The molecule has 1 heterocycles. The van der Waals surface area contributed by atoms with Gasteiger partial charge in [-0.15, -0.1) is 0 Å². The van der Waals surface area contributed by atoms with Gasteiger partial charge in [0, 0.05) is 6.07 Å². The molecule has 18 heavy (non-hydrogen) atoms. The third-order valence-corrected chi connectivity index (χ3v) is 2.31. The average Bonchev–Trinajstić information content (AvgIpc) is 2.33. The van der Waals surface area contributed by atoms with Crippen LogP contribution in [-0.4, -0.2) is 17.1 Å². The minimum atomic E-state index is -0.364. The molecular formula is C12H13FN4O. The van der Waals surface area contributed by atoms with E-state index in [0.717, 1.165) is 5.56 Å². The van der Waals surface area contributed by atoms with Crippen molar-refractivity contribution in [1.82, 2.24) is 9.97 Å².